The maximum Gasteiger partial charge on any atom is 0.416 e. The third-order valence-corrected chi connectivity index (χ3v) is 6.24. The van der Waals surface area contributed by atoms with Gasteiger partial charge < -0.3 is 0 Å². The molecule has 1 fully saturated rings. The highest BCUT2D eigenvalue weighted by atomic mass is 32.2. The van der Waals surface area contributed by atoms with Crippen molar-refractivity contribution >= 4 is 21.4 Å². The Bertz CT molecular complexity index is 951. The quantitative estimate of drug-likeness (QED) is 0.718. The molecule has 29 heavy (non-hydrogen) atoms. The first-order valence-corrected chi connectivity index (χ1v) is 10.7. The van der Waals surface area contributed by atoms with Crippen molar-refractivity contribution in [2.45, 2.75) is 12.2 Å². The van der Waals surface area contributed by atoms with Crippen molar-refractivity contribution in [3.8, 4) is 0 Å². The van der Waals surface area contributed by atoms with E-state index in [4.69, 9.17) is 0 Å². The van der Waals surface area contributed by atoms with E-state index in [-0.39, 0.29) is 30.3 Å². The van der Waals surface area contributed by atoms with Gasteiger partial charge in [-0.3, -0.25) is 20.5 Å². The van der Waals surface area contributed by atoms with Crippen LogP contribution in [-0.2, 0) is 20.8 Å². The number of hydrazine groups is 1. The molecular weight excluding hydrogens is 407 g/mol. The van der Waals surface area contributed by atoms with Gasteiger partial charge in [0.2, 0.25) is 0 Å². The molecule has 1 atom stereocenters. The van der Waals surface area contributed by atoms with Crippen LogP contribution in [0.1, 0.15) is 17.2 Å². The third-order valence-electron chi connectivity index (χ3n) is 4.63. The zero-order valence-electron chi connectivity index (χ0n) is 15.3. The summed E-state index contributed by atoms with van der Waals surface area (Å²) in [5.74, 6) is -0.595. The summed E-state index contributed by atoms with van der Waals surface area (Å²) in [4.78, 5) is 14.6. The average Bonchev–Trinajstić information content (AvgIpc) is 2.68. The van der Waals surface area contributed by atoms with Gasteiger partial charge in [-0.1, -0.05) is 36.4 Å². The Morgan fingerprint density at radius 1 is 1.00 bits per heavy atom. The molecule has 2 aromatic rings. The molecule has 3 rings (SSSR count). The molecule has 2 N–H and O–H groups in total. The molecule has 0 spiro atoms. The van der Waals surface area contributed by atoms with Crippen molar-refractivity contribution in [1.29, 1.82) is 0 Å². The topological polar surface area (TPSA) is 78.5 Å². The molecule has 1 aliphatic rings. The predicted molar refractivity (Wildman–Crippen MR) is 103 cm³/mol. The summed E-state index contributed by atoms with van der Waals surface area (Å²) in [6.45, 7) is 0.387. The fraction of sp³-hybridized carbons (Fsp3) is 0.316. The van der Waals surface area contributed by atoms with Gasteiger partial charge in [-0.15, -0.1) is 0 Å². The van der Waals surface area contributed by atoms with E-state index in [0.717, 1.165) is 12.1 Å². The van der Waals surface area contributed by atoms with Crippen molar-refractivity contribution in [2.75, 3.05) is 30.0 Å². The van der Waals surface area contributed by atoms with Crippen molar-refractivity contribution in [3.05, 3.63) is 65.7 Å². The summed E-state index contributed by atoms with van der Waals surface area (Å²) < 4.78 is 62.0. The largest absolute Gasteiger partial charge is 0.416 e. The Balaban J connectivity index is 1.76. The molecular formula is C19H20F3N3O3S. The normalized spacial score (nSPS) is 18.0. The van der Waals surface area contributed by atoms with Crippen molar-refractivity contribution in [2.24, 2.45) is 0 Å². The van der Waals surface area contributed by atoms with E-state index < -0.39 is 33.5 Å². The molecule has 1 unspecified atom stereocenters. The van der Waals surface area contributed by atoms with Gasteiger partial charge in [0.15, 0.2) is 9.84 Å². The molecule has 156 valence electrons. The molecule has 0 bridgehead atoms. The molecule has 1 saturated heterocycles. The number of anilines is 1. The number of alkyl halides is 3. The minimum atomic E-state index is -4.49. The third kappa shape index (κ3) is 5.48. The number of hydrogen-bond donors (Lipinski definition) is 2. The molecule has 10 heteroatoms. The summed E-state index contributed by atoms with van der Waals surface area (Å²) in [5.41, 5.74) is 4.88. The lowest BCUT2D eigenvalue weighted by atomic mass is 10.0. The first-order chi connectivity index (χ1) is 13.7. The van der Waals surface area contributed by atoms with E-state index in [1.807, 2.05) is 0 Å². The Kier molecular flexibility index (Phi) is 6.13. The maximum absolute atomic E-state index is 12.9. The van der Waals surface area contributed by atoms with Gasteiger partial charge in [0.1, 0.15) is 6.04 Å². The van der Waals surface area contributed by atoms with Gasteiger partial charge in [0, 0.05) is 13.1 Å². The second-order valence-electron chi connectivity index (χ2n) is 6.69. The van der Waals surface area contributed by atoms with Gasteiger partial charge in [-0.05, 0) is 23.8 Å². The molecule has 0 aromatic heterocycles. The van der Waals surface area contributed by atoms with Crippen LogP contribution < -0.4 is 10.9 Å². The number of carbonyl (C=O) groups is 1. The lowest BCUT2D eigenvalue weighted by Crippen LogP contribution is -2.48. The van der Waals surface area contributed by atoms with E-state index in [9.17, 15) is 26.4 Å². The van der Waals surface area contributed by atoms with Gasteiger partial charge in [-0.2, -0.15) is 13.2 Å². The van der Waals surface area contributed by atoms with Crippen LogP contribution in [-0.4, -0.2) is 43.8 Å². The number of carbonyl (C=O) groups excluding carboxylic acids is 1. The number of amides is 1. The van der Waals surface area contributed by atoms with Gasteiger partial charge in [0.05, 0.1) is 22.8 Å². The van der Waals surface area contributed by atoms with E-state index in [2.05, 4.69) is 10.9 Å². The zero-order valence-corrected chi connectivity index (χ0v) is 16.1. The first-order valence-electron chi connectivity index (χ1n) is 8.88. The molecule has 1 heterocycles. The van der Waals surface area contributed by atoms with Crippen molar-refractivity contribution in [3.63, 3.8) is 0 Å². The van der Waals surface area contributed by atoms with E-state index in [1.165, 1.54) is 12.1 Å². The second-order valence-corrected chi connectivity index (χ2v) is 9.00. The molecule has 6 nitrogen and oxygen atoms in total. The molecule has 0 saturated carbocycles. The SMILES string of the molecule is O=C(NNc1cccc(C(F)(F)F)c1)C(c1ccccc1)N1CCS(=O)(=O)CC1. The number of sulfone groups is 1. The lowest BCUT2D eigenvalue weighted by Gasteiger charge is -2.33. The van der Waals surface area contributed by atoms with Crippen LogP contribution in [0.5, 0.6) is 0 Å². The van der Waals surface area contributed by atoms with Gasteiger partial charge in [0.25, 0.3) is 5.91 Å². The van der Waals surface area contributed by atoms with Crippen molar-refractivity contribution < 1.29 is 26.4 Å². The van der Waals surface area contributed by atoms with Crippen LogP contribution in [0.25, 0.3) is 0 Å². The van der Waals surface area contributed by atoms with Crippen molar-refractivity contribution in [1.82, 2.24) is 10.3 Å². The number of halogens is 3. The first kappa shape index (κ1) is 21.1. The molecule has 2 aromatic carbocycles. The number of rotatable bonds is 5. The summed E-state index contributed by atoms with van der Waals surface area (Å²) in [6.07, 6.45) is -4.49. The number of nitrogens with one attached hydrogen (secondary N) is 2. The Labute approximate surface area is 166 Å². The van der Waals surface area contributed by atoms with Crippen LogP contribution >= 0.6 is 0 Å². The second kappa shape index (κ2) is 8.42. The summed E-state index contributed by atoms with van der Waals surface area (Å²) in [6, 6.07) is 12.5. The Hall–Kier alpha value is -2.59. The van der Waals surface area contributed by atoms with E-state index in [0.29, 0.717) is 5.56 Å². The molecule has 0 aliphatic carbocycles. The fourth-order valence-corrected chi connectivity index (χ4v) is 4.35. The molecule has 0 radical (unpaired) electrons. The summed E-state index contributed by atoms with van der Waals surface area (Å²) in [5, 5.41) is 0. The maximum atomic E-state index is 12.9. The number of hydrogen-bond acceptors (Lipinski definition) is 5. The Morgan fingerprint density at radius 2 is 1.66 bits per heavy atom. The van der Waals surface area contributed by atoms with Crippen LogP contribution in [0.2, 0.25) is 0 Å². The summed E-state index contributed by atoms with van der Waals surface area (Å²) >= 11 is 0. The molecule has 1 amide bonds. The number of benzene rings is 2. The van der Waals surface area contributed by atoms with E-state index >= 15 is 0 Å². The van der Waals surface area contributed by atoms with Crippen LogP contribution in [0.4, 0.5) is 18.9 Å². The smallest absolute Gasteiger partial charge is 0.299 e. The minimum absolute atomic E-state index is 0.0509. The highest BCUT2D eigenvalue weighted by Gasteiger charge is 2.33. The minimum Gasteiger partial charge on any atom is -0.299 e. The fourth-order valence-electron chi connectivity index (χ4n) is 3.12. The average molecular weight is 427 g/mol. The van der Waals surface area contributed by atoms with Gasteiger partial charge in [-0.25, -0.2) is 8.42 Å². The summed E-state index contributed by atoms with van der Waals surface area (Å²) in [7, 11) is -3.13. The number of nitrogens with zero attached hydrogens (tertiary/aromatic N) is 1. The zero-order chi connectivity index (χ0) is 21.1. The molecule has 1 aliphatic heterocycles. The predicted octanol–water partition coefficient (Wildman–Crippen LogP) is 2.62. The monoisotopic (exact) mass is 427 g/mol. The van der Waals surface area contributed by atoms with Crippen LogP contribution in [0.15, 0.2) is 54.6 Å². The van der Waals surface area contributed by atoms with E-state index in [1.54, 1.807) is 35.2 Å². The highest BCUT2D eigenvalue weighted by molar-refractivity contribution is 7.91. The lowest BCUT2D eigenvalue weighted by molar-refractivity contribution is -0.137. The standard InChI is InChI=1S/C19H20F3N3O3S/c20-19(21,22)15-7-4-8-16(13-15)23-24-18(26)17(14-5-2-1-3-6-14)25-9-11-29(27,28)12-10-25/h1-8,13,17,23H,9-12H2,(H,24,26). The highest BCUT2D eigenvalue weighted by Crippen LogP contribution is 2.30. The van der Waals surface area contributed by atoms with Gasteiger partial charge >= 0.3 is 6.18 Å². The van der Waals surface area contributed by atoms with Crippen LogP contribution in [0, 0.1) is 0 Å². The van der Waals surface area contributed by atoms with Crippen LogP contribution in [0.3, 0.4) is 0 Å². The Morgan fingerprint density at radius 3 is 2.28 bits per heavy atom.